The number of likely N-dealkylation sites (N-methyl/N-ethyl adjacent to an activating group) is 1. The van der Waals surface area contributed by atoms with Crippen molar-refractivity contribution in [3.8, 4) is 6.07 Å². The summed E-state index contributed by atoms with van der Waals surface area (Å²) in [6, 6.07) is 2.53. The minimum Gasteiger partial charge on any atom is -0.377 e. The smallest absolute Gasteiger partial charge is 0.122 e. The number of rotatable bonds is 5. The van der Waals surface area contributed by atoms with Crippen molar-refractivity contribution in [2.24, 2.45) is 5.92 Å². The number of nitrogens with zero attached hydrogens (tertiary/aromatic N) is 2. The van der Waals surface area contributed by atoms with Crippen LogP contribution in [0.1, 0.15) is 32.6 Å². The van der Waals surface area contributed by atoms with E-state index < -0.39 is 0 Å². The van der Waals surface area contributed by atoms with Crippen molar-refractivity contribution in [3.05, 3.63) is 0 Å². The second kappa shape index (κ2) is 5.16. The Morgan fingerprint density at radius 2 is 2.28 bits per heavy atom. The fourth-order valence-electron chi connectivity index (χ4n) is 3.13. The first-order valence-corrected chi connectivity index (χ1v) is 6.95. The molecule has 0 aromatic carbocycles. The number of hydrogen-bond acceptors (Lipinski definition) is 4. The van der Waals surface area contributed by atoms with Crippen LogP contribution < -0.4 is 5.32 Å². The molecule has 1 aliphatic heterocycles. The maximum absolute atomic E-state index is 9.53. The number of methoxy groups -OCH3 is 1. The molecule has 2 aliphatic rings. The molecule has 4 nitrogen and oxygen atoms in total. The van der Waals surface area contributed by atoms with E-state index in [1.54, 1.807) is 7.11 Å². The van der Waals surface area contributed by atoms with E-state index in [1.165, 1.54) is 12.8 Å². The van der Waals surface area contributed by atoms with Gasteiger partial charge in [-0.05, 0) is 52.1 Å². The zero-order valence-corrected chi connectivity index (χ0v) is 11.8. The Morgan fingerprint density at radius 1 is 1.56 bits per heavy atom. The highest BCUT2D eigenvalue weighted by atomic mass is 16.5. The second-order valence-electron chi connectivity index (χ2n) is 6.08. The molecule has 4 heteroatoms. The van der Waals surface area contributed by atoms with E-state index >= 15 is 0 Å². The lowest BCUT2D eigenvalue weighted by atomic mass is 9.90. The van der Waals surface area contributed by atoms with Crippen LogP contribution in [0.3, 0.4) is 0 Å². The predicted molar refractivity (Wildman–Crippen MR) is 71.2 cm³/mol. The topological polar surface area (TPSA) is 48.3 Å². The molecule has 0 bridgehead atoms. The Hall–Kier alpha value is -0.630. The van der Waals surface area contributed by atoms with Gasteiger partial charge in [-0.1, -0.05) is 0 Å². The molecule has 0 aromatic rings. The third-order valence-electron chi connectivity index (χ3n) is 4.62. The van der Waals surface area contributed by atoms with Gasteiger partial charge in [0, 0.05) is 20.2 Å². The highest BCUT2D eigenvalue weighted by Crippen LogP contribution is 2.40. The molecule has 0 spiro atoms. The highest BCUT2D eigenvalue weighted by molar-refractivity contribution is 5.16. The van der Waals surface area contributed by atoms with E-state index in [4.69, 9.17) is 4.74 Å². The van der Waals surface area contributed by atoms with Crippen molar-refractivity contribution >= 4 is 0 Å². The zero-order valence-electron chi connectivity index (χ0n) is 11.8. The molecule has 0 amide bonds. The van der Waals surface area contributed by atoms with Crippen LogP contribution in [0.2, 0.25) is 0 Å². The van der Waals surface area contributed by atoms with Gasteiger partial charge in [-0.15, -0.1) is 0 Å². The zero-order chi connectivity index (χ0) is 13.2. The first-order valence-electron chi connectivity index (χ1n) is 6.95. The molecule has 0 radical (unpaired) electrons. The summed E-state index contributed by atoms with van der Waals surface area (Å²) in [7, 11) is 3.71. The third kappa shape index (κ3) is 2.69. The summed E-state index contributed by atoms with van der Waals surface area (Å²) in [6.07, 6.45) is 4.64. The molecule has 1 heterocycles. The largest absolute Gasteiger partial charge is 0.377 e. The molecule has 18 heavy (non-hydrogen) atoms. The first-order chi connectivity index (χ1) is 8.57. The summed E-state index contributed by atoms with van der Waals surface area (Å²) in [6.45, 7) is 5.01. The summed E-state index contributed by atoms with van der Waals surface area (Å²) >= 11 is 0. The molecular formula is C14H25N3O. The Balaban J connectivity index is 2.01. The molecule has 1 aliphatic carbocycles. The number of ether oxygens (including phenoxy) is 1. The van der Waals surface area contributed by atoms with Crippen LogP contribution in [-0.2, 0) is 4.74 Å². The van der Waals surface area contributed by atoms with Crippen LogP contribution in [0.4, 0.5) is 0 Å². The number of hydrogen-bond donors (Lipinski definition) is 1. The van der Waals surface area contributed by atoms with Crippen LogP contribution in [0, 0.1) is 17.2 Å². The number of nitriles is 1. The van der Waals surface area contributed by atoms with E-state index in [0.717, 1.165) is 32.5 Å². The van der Waals surface area contributed by atoms with Gasteiger partial charge in [-0.2, -0.15) is 5.26 Å². The molecule has 2 atom stereocenters. The average molecular weight is 251 g/mol. The molecular weight excluding hydrogens is 226 g/mol. The average Bonchev–Trinajstić information content (AvgIpc) is 3.21. The maximum Gasteiger partial charge on any atom is 0.122 e. The second-order valence-corrected chi connectivity index (χ2v) is 6.08. The number of likely N-dealkylation sites (tertiary alicyclic amines) is 1. The van der Waals surface area contributed by atoms with Crippen molar-refractivity contribution in [2.75, 3.05) is 33.8 Å². The predicted octanol–water partition coefficient (Wildman–Crippen LogP) is 1.38. The Morgan fingerprint density at radius 3 is 2.78 bits per heavy atom. The van der Waals surface area contributed by atoms with Crippen LogP contribution >= 0.6 is 0 Å². The quantitative estimate of drug-likeness (QED) is 0.802. The van der Waals surface area contributed by atoms with E-state index in [9.17, 15) is 5.26 Å². The van der Waals surface area contributed by atoms with Gasteiger partial charge in [0.05, 0.1) is 11.7 Å². The van der Waals surface area contributed by atoms with E-state index in [0.29, 0.717) is 5.92 Å². The summed E-state index contributed by atoms with van der Waals surface area (Å²) in [4.78, 5) is 2.39. The third-order valence-corrected chi connectivity index (χ3v) is 4.62. The number of nitrogens with one attached hydrogen (secondary N) is 1. The van der Waals surface area contributed by atoms with Gasteiger partial charge in [-0.25, -0.2) is 0 Å². The lowest BCUT2D eigenvalue weighted by Gasteiger charge is -2.42. The Kier molecular flexibility index (Phi) is 3.96. The summed E-state index contributed by atoms with van der Waals surface area (Å²) in [5.41, 5.74) is -0.400. The van der Waals surface area contributed by atoms with Crippen LogP contribution in [0.15, 0.2) is 0 Å². The molecule has 2 fully saturated rings. The van der Waals surface area contributed by atoms with E-state index in [2.05, 4.69) is 23.2 Å². The fraction of sp³-hybridized carbons (Fsp3) is 0.929. The maximum atomic E-state index is 9.53. The molecule has 0 aromatic heterocycles. The van der Waals surface area contributed by atoms with Crippen molar-refractivity contribution in [1.82, 2.24) is 10.2 Å². The molecule has 2 unspecified atom stereocenters. The van der Waals surface area contributed by atoms with Gasteiger partial charge < -0.3 is 10.1 Å². The Labute approximate surface area is 110 Å². The normalized spacial score (nSPS) is 32.8. The van der Waals surface area contributed by atoms with Gasteiger partial charge in [0.1, 0.15) is 5.54 Å². The minimum atomic E-state index is -0.355. The molecule has 2 rings (SSSR count). The molecule has 1 saturated heterocycles. The van der Waals surface area contributed by atoms with Crippen molar-refractivity contribution in [3.63, 3.8) is 0 Å². The van der Waals surface area contributed by atoms with Crippen LogP contribution in [-0.4, -0.2) is 49.8 Å². The van der Waals surface area contributed by atoms with Gasteiger partial charge in [-0.3, -0.25) is 4.90 Å². The summed E-state index contributed by atoms with van der Waals surface area (Å²) < 4.78 is 5.62. The first kappa shape index (κ1) is 13.8. The molecule has 102 valence electrons. The summed E-state index contributed by atoms with van der Waals surface area (Å²) in [5, 5.41) is 12.8. The lowest BCUT2D eigenvalue weighted by molar-refractivity contribution is -0.0547. The van der Waals surface area contributed by atoms with Gasteiger partial charge >= 0.3 is 0 Å². The number of piperidine rings is 1. The highest BCUT2D eigenvalue weighted by Gasteiger charge is 2.46. The SMILES string of the molecule is CNC(C#N)(CN1CCCC(C)(OC)C1)C1CC1. The van der Waals surface area contributed by atoms with E-state index in [1.807, 2.05) is 7.05 Å². The monoisotopic (exact) mass is 251 g/mol. The van der Waals surface area contributed by atoms with Gasteiger partial charge in [0.15, 0.2) is 0 Å². The van der Waals surface area contributed by atoms with Crippen molar-refractivity contribution in [2.45, 2.75) is 43.7 Å². The van der Waals surface area contributed by atoms with Gasteiger partial charge in [0.25, 0.3) is 0 Å². The molecule has 1 saturated carbocycles. The Bertz CT molecular complexity index is 336. The van der Waals surface area contributed by atoms with Crippen molar-refractivity contribution in [1.29, 1.82) is 5.26 Å². The lowest BCUT2D eigenvalue weighted by Crippen LogP contribution is -2.57. The fourth-order valence-corrected chi connectivity index (χ4v) is 3.13. The molecule has 1 N–H and O–H groups in total. The van der Waals surface area contributed by atoms with Crippen molar-refractivity contribution < 1.29 is 4.74 Å². The standard InChI is InChI=1S/C14H25N3O/c1-13(18-3)7-4-8-17(10-13)11-14(9-15,16-2)12-5-6-12/h12,16H,4-8,10-11H2,1-3H3. The minimum absolute atomic E-state index is 0.0449. The van der Waals surface area contributed by atoms with E-state index in [-0.39, 0.29) is 11.1 Å². The summed E-state index contributed by atoms with van der Waals surface area (Å²) in [5.74, 6) is 0.531. The van der Waals surface area contributed by atoms with Crippen LogP contribution in [0.25, 0.3) is 0 Å². The van der Waals surface area contributed by atoms with Crippen LogP contribution in [0.5, 0.6) is 0 Å². The van der Waals surface area contributed by atoms with Gasteiger partial charge in [0.2, 0.25) is 0 Å².